The van der Waals surface area contributed by atoms with Crippen LogP contribution in [0.1, 0.15) is 39.1 Å². The summed E-state index contributed by atoms with van der Waals surface area (Å²) in [7, 11) is -3.07. The molecule has 1 fully saturated rings. The van der Waals surface area contributed by atoms with Gasteiger partial charge in [-0.25, -0.2) is 13.2 Å². The molecule has 2 heterocycles. The maximum Gasteiger partial charge on any atom is 0.345 e. The fourth-order valence-corrected chi connectivity index (χ4v) is 4.95. The monoisotopic (exact) mass is 331 g/mol. The number of sulfone groups is 1. The Morgan fingerprint density at radius 3 is 2.52 bits per heavy atom. The lowest BCUT2D eigenvalue weighted by Crippen LogP contribution is -2.41. The Morgan fingerprint density at radius 1 is 1.38 bits per heavy atom. The zero-order valence-electron chi connectivity index (χ0n) is 11.6. The number of carbonyl (C=O) groups excluding carboxylic acids is 1. The summed E-state index contributed by atoms with van der Waals surface area (Å²) in [6, 6.07) is 2.58. The van der Waals surface area contributed by atoms with Crippen molar-refractivity contribution in [2.75, 3.05) is 18.1 Å². The van der Waals surface area contributed by atoms with Crippen LogP contribution in [0.4, 0.5) is 0 Å². The number of carboxylic acid groups (broad SMARTS) is 1. The number of amides is 1. The van der Waals surface area contributed by atoms with E-state index >= 15 is 0 Å². The zero-order valence-corrected chi connectivity index (χ0v) is 13.2. The van der Waals surface area contributed by atoms with Crippen LogP contribution >= 0.6 is 11.3 Å². The summed E-state index contributed by atoms with van der Waals surface area (Å²) in [6.45, 7) is 2.39. The molecule has 0 aliphatic carbocycles. The van der Waals surface area contributed by atoms with Gasteiger partial charge < -0.3 is 10.0 Å². The largest absolute Gasteiger partial charge is 0.477 e. The van der Waals surface area contributed by atoms with E-state index in [1.807, 2.05) is 6.92 Å². The van der Waals surface area contributed by atoms with Crippen LogP contribution < -0.4 is 0 Å². The highest BCUT2D eigenvalue weighted by Crippen LogP contribution is 2.24. The second-order valence-corrected chi connectivity index (χ2v) is 8.34. The first-order chi connectivity index (χ1) is 9.84. The summed E-state index contributed by atoms with van der Waals surface area (Å²) in [6.07, 6.45) is 1.17. The summed E-state index contributed by atoms with van der Waals surface area (Å²) < 4.78 is 23.2. The highest BCUT2D eigenvalue weighted by molar-refractivity contribution is 7.91. The van der Waals surface area contributed by atoms with E-state index in [1.165, 1.54) is 12.1 Å². The van der Waals surface area contributed by atoms with Gasteiger partial charge in [0.25, 0.3) is 5.91 Å². The molecule has 6 nitrogen and oxygen atoms in total. The average Bonchev–Trinajstić information content (AvgIpc) is 3.01. The fraction of sp³-hybridized carbons (Fsp3) is 0.538. The first kappa shape index (κ1) is 16.0. The molecule has 1 saturated heterocycles. The summed E-state index contributed by atoms with van der Waals surface area (Å²) >= 11 is 0.922. The number of aromatic carboxylic acids is 1. The number of nitrogens with zero attached hydrogens (tertiary/aromatic N) is 1. The maximum absolute atomic E-state index is 12.5. The van der Waals surface area contributed by atoms with Gasteiger partial charge in [0.2, 0.25) is 0 Å². The molecular weight excluding hydrogens is 314 g/mol. The van der Waals surface area contributed by atoms with E-state index in [4.69, 9.17) is 5.11 Å². The smallest absolute Gasteiger partial charge is 0.345 e. The third-order valence-corrected chi connectivity index (χ3v) is 6.21. The number of carbonyl (C=O) groups is 2. The highest BCUT2D eigenvalue weighted by Gasteiger charge is 2.35. The lowest BCUT2D eigenvalue weighted by molar-refractivity contribution is 0.0694. The van der Waals surface area contributed by atoms with Gasteiger partial charge in [-0.2, -0.15) is 0 Å². The van der Waals surface area contributed by atoms with Gasteiger partial charge in [0.05, 0.1) is 16.4 Å². The van der Waals surface area contributed by atoms with Crippen molar-refractivity contribution in [3.8, 4) is 0 Å². The van der Waals surface area contributed by atoms with Gasteiger partial charge in [-0.15, -0.1) is 11.3 Å². The minimum Gasteiger partial charge on any atom is -0.477 e. The predicted molar refractivity (Wildman–Crippen MR) is 79.7 cm³/mol. The first-order valence-corrected chi connectivity index (χ1v) is 9.32. The Labute approximate surface area is 127 Å². The molecule has 1 N–H and O–H groups in total. The van der Waals surface area contributed by atoms with Crippen molar-refractivity contribution in [2.45, 2.75) is 25.8 Å². The Kier molecular flexibility index (Phi) is 4.67. The molecule has 0 aromatic carbocycles. The Bertz CT molecular complexity index is 649. The van der Waals surface area contributed by atoms with Crippen LogP contribution in [0.2, 0.25) is 0 Å². The van der Waals surface area contributed by atoms with Crippen LogP contribution in [0.15, 0.2) is 12.1 Å². The van der Waals surface area contributed by atoms with Crippen molar-refractivity contribution >= 4 is 33.1 Å². The van der Waals surface area contributed by atoms with E-state index in [0.717, 1.165) is 17.8 Å². The average molecular weight is 331 g/mol. The molecule has 0 spiro atoms. The summed E-state index contributed by atoms with van der Waals surface area (Å²) in [4.78, 5) is 25.4. The van der Waals surface area contributed by atoms with Crippen molar-refractivity contribution in [1.82, 2.24) is 4.90 Å². The number of hydrogen-bond acceptors (Lipinski definition) is 5. The molecular formula is C13H17NO5S2. The predicted octanol–water partition coefficient (Wildman–Crippen LogP) is 1.49. The van der Waals surface area contributed by atoms with E-state index in [0.29, 0.717) is 17.8 Å². The molecule has 1 aliphatic rings. The number of rotatable bonds is 5. The topological polar surface area (TPSA) is 91.8 Å². The van der Waals surface area contributed by atoms with Crippen LogP contribution in [0.5, 0.6) is 0 Å². The number of carboxylic acids is 1. The van der Waals surface area contributed by atoms with E-state index in [-0.39, 0.29) is 28.3 Å². The standard InChI is InChI=1S/C13H17NO5S2/c1-2-6-14(9-5-7-21(18,19)8-9)12(15)10-3-4-11(20-10)13(16)17/h3-4,9H,2,5-8H2,1H3,(H,16,17). The van der Waals surface area contributed by atoms with Crippen LogP contribution in [0.25, 0.3) is 0 Å². The third-order valence-electron chi connectivity index (χ3n) is 3.40. The van der Waals surface area contributed by atoms with Gasteiger partial charge in [0.15, 0.2) is 9.84 Å². The molecule has 21 heavy (non-hydrogen) atoms. The summed E-state index contributed by atoms with van der Waals surface area (Å²) in [5.41, 5.74) is 0. The van der Waals surface area contributed by atoms with Gasteiger partial charge in [0, 0.05) is 12.6 Å². The molecule has 1 aliphatic heterocycles. The molecule has 1 unspecified atom stereocenters. The van der Waals surface area contributed by atoms with Crippen LogP contribution in [0, 0.1) is 0 Å². The van der Waals surface area contributed by atoms with Crippen molar-refractivity contribution < 1.29 is 23.1 Å². The molecule has 1 atom stereocenters. The first-order valence-electron chi connectivity index (χ1n) is 6.68. The molecule has 8 heteroatoms. The minimum atomic E-state index is -3.07. The van der Waals surface area contributed by atoms with E-state index in [9.17, 15) is 18.0 Å². The van der Waals surface area contributed by atoms with Crippen molar-refractivity contribution in [1.29, 1.82) is 0 Å². The summed E-state index contributed by atoms with van der Waals surface area (Å²) in [5, 5.41) is 8.91. The van der Waals surface area contributed by atoms with Gasteiger partial charge in [-0.1, -0.05) is 6.92 Å². The lowest BCUT2D eigenvalue weighted by Gasteiger charge is -2.27. The SMILES string of the molecule is CCCN(C(=O)c1ccc(C(=O)O)s1)C1CCS(=O)(=O)C1. The molecule has 1 aromatic rings. The Balaban J connectivity index is 2.21. The van der Waals surface area contributed by atoms with Gasteiger partial charge in [-0.3, -0.25) is 4.79 Å². The maximum atomic E-state index is 12.5. The molecule has 0 saturated carbocycles. The van der Waals surface area contributed by atoms with Crippen molar-refractivity contribution in [3.63, 3.8) is 0 Å². The van der Waals surface area contributed by atoms with E-state index in [2.05, 4.69) is 0 Å². The second kappa shape index (κ2) is 6.15. The zero-order chi connectivity index (χ0) is 15.6. The molecule has 116 valence electrons. The van der Waals surface area contributed by atoms with Gasteiger partial charge in [-0.05, 0) is 25.0 Å². The number of hydrogen-bond donors (Lipinski definition) is 1. The van der Waals surface area contributed by atoms with Gasteiger partial charge >= 0.3 is 5.97 Å². The number of thiophene rings is 1. The van der Waals surface area contributed by atoms with E-state index in [1.54, 1.807) is 4.90 Å². The molecule has 1 amide bonds. The van der Waals surface area contributed by atoms with E-state index < -0.39 is 15.8 Å². The van der Waals surface area contributed by atoms with Crippen LogP contribution in [-0.4, -0.2) is 54.4 Å². The van der Waals surface area contributed by atoms with Crippen LogP contribution in [0.3, 0.4) is 0 Å². The minimum absolute atomic E-state index is 0.00406. The molecule has 0 bridgehead atoms. The quantitative estimate of drug-likeness (QED) is 0.882. The summed E-state index contributed by atoms with van der Waals surface area (Å²) in [5.74, 6) is -1.24. The molecule has 0 radical (unpaired) electrons. The highest BCUT2D eigenvalue weighted by atomic mass is 32.2. The van der Waals surface area contributed by atoms with Crippen molar-refractivity contribution in [2.24, 2.45) is 0 Å². The Hall–Kier alpha value is -1.41. The third kappa shape index (κ3) is 3.62. The molecule has 2 rings (SSSR count). The Morgan fingerprint density at radius 2 is 2.05 bits per heavy atom. The molecule has 1 aromatic heterocycles. The normalized spacial score (nSPS) is 20.3. The fourth-order valence-electron chi connectivity index (χ4n) is 2.42. The lowest BCUT2D eigenvalue weighted by atomic mass is 10.2. The van der Waals surface area contributed by atoms with Crippen molar-refractivity contribution in [3.05, 3.63) is 21.9 Å². The van der Waals surface area contributed by atoms with Crippen LogP contribution in [-0.2, 0) is 9.84 Å². The van der Waals surface area contributed by atoms with Gasteiger partial charge in [0.1, 0.15) is 4.88 Å². The second-order valence-electron chi connectivity index (χ2n) is 5.02.